The van der Waals surface area contributed by atoms with Crippen LogP contribution in [0.4, 0.5) is 5.88 Å². The summed E-state index contributed by atoms with van der Waals surface area (Å²) in [5.74, 6) is 0.335. The van der Waals surface area contributed by atoms with Crippen molar-refractivity contribution in [1.82, 2.24) is 0 Å². The monoisotopic (exact) mass is 428 g/mol. The van der Waals surface area contributed by atoms with Crippen LogP contribution in [0, 0.1) is 25.2 Å². The molecule has 1 heterocycles. The molecular weight excluding hydrogens is 408 g/mol. The highest BCUT2D eigenvalue weighted by Crippen LogP contribution is 2.42. The number of nitrogens with one attached hydrogen (secondary N) is 1. The summed E-state index contributed by atoms with van der Waals surface area (Å²) in [5.41, 5.74) is 3.77. The predicted octanol–water partition coefficient (Wildman–Crippen LogP) is 5.90. The molecule has 0 radical (unpaired) electrons. The van der Waals surface area contributed by atoms with Gasteiger partial charge >= 0.3 is 0 Å². The highest BCUT2D eigenvalue weighted by atomic mass is 32.2. The average molecular weight is 429 g/mol. The molecule has 0 atom stereocenters. The van der Waals surface area contributed by atoms with Crippen LogP contribution in [-0.4, -0.2) is 8.42 Å². The molecule has 31 heavy (non-hydrogen) atoms. The molecule has 3 aromatic carbocycles. The summed E-state index contributed by atoms with van der Waals surface area (Å²) >= 11 is 0. The van der Waals surface area contributed by atoms with Crippen LogP contribution in [0.1, 0.15) is 16.7 Å². The Morgan fingerprint density at radius 2 is 1.48 bits per heavy atom. The number of aryl methyl sites for hydroxylation is 2. The van der Waals surface area contributed by atoms with Crippen molar-refractivity contribution in [1.29, 1.82) is 5.26 Å². The summed E-state index contributed by atoms with van der Waals surface area (Å²) in [6, 6.07) is 25.8. The van der Waals surface area contributed by atoms with Crippen molar-refractivity contribution in [3.05, 3.63) is 95.6 Å². The number of anilines is 1. The Morgan fingerprint density at radius 1 is 0.871 bits per heavy atom. The van der Waals surface area contributed by atoms with Crippen molar-refractivity contribution in [2.24, 2.45) is 0 Å². The molecule has 0 aliphatic carbocycles. The van der Waals surface area contributed by atoms with Gasteiger partial charge in [0.15, 0.2) is 0 Å². The molecule has 0 bridgehead atoms. The standard InChI is InChI=1S/C25H20N2O3S/c1-17-13-14-22(18(2)15-17)31(28,29)27-25-21(16-26)23(19-9-5-3-6-10-19)24(30-25)20-11-7-4-8-12-20/h3-15,27H,1-2H3. The van der Waals surface area contributed by atoms with Gasteiger partial charge in [-0.25, -0.2) is 13.1 Å². The van der Waals surface area contributed by atoms with Gasteiger partial charge in [-0.2, -0.15) is 5.26 Å². The number of sulfonamides is 1. The van der Waals surface area contributed by atoms with Crippen molar-refractivity contribution >= 4 is 15.9 Å². The second-order valence-electron chi connectivity index (χ2n) is 7.23. The quantitative estimate of drug-likeness (QED) is 0.429. The van der Waals surface area contributed by atoms with Crippen molar-refractivity contribution in [2.75, 3.05) is 4.72 Å². The summed E-state index contributed by atoms with van der Waals surface area (Å²) in [4.78, 5) is 0.140. The van der Waals surface area contributed by atoms with E-state index in [1.807, 2.05) is 67.6 Å². The maximum atomic E-state index is 13.1. The molecule has 0 aliphatic heterocycles. The van der Waals surface area contributed by atoms with Crippen LogP contribution in [0.15, 0.2) is 88.2 Å². The van der Waals surface area contributed by atoms with E-state index in [0.29, 0.717) is 16.9 Å². The third kappa shape index (κ3) is 3.96. The van der Waals surface area contributed by atoms with E-state index in [2.05, 4.69) is 10.8 Å². The molecule has 1 aromatic heterocycles. The van der Waals surface area contributed by atoms with Gasteiger partial charge in [0.2, 0.25) is 5.88 Å². The van der Waals surface area contributed by atoms with Crippen LogP contribution >= 0.6 is 0 Å². The van der Waals surface area contributed by atoms with Crippen molar-refractivity contribution < 1.29 is 12.8 Å². The molecule has 1 N–H and O–H groups in total. The Bertz CT molecular complexity index is 1380. The first-order valence-corrected chi connectivity index (χ1v) is 11.2. The Labute approximate surface area is 181 Å². The number of nitriles is 1. The summed E-state index contributed by atoms with van der Waals surface area (Å²) in [6.07, 6.45) is 0. The van der Waals surface area contributed by atoms with Gasteiger partial charge in [-0.3, -0.25) is 0 Å². The molecule has 154 valence electrons. The van der Waals surface area contributed by atoms with Gasteiger partial charge in [-0.05, 0) is 31.0 Å². The zero-order valence-electron chi connectivity index (χ0n) is 17.1. The molecule has 0 fully saturated rings. The average Bonchev–Trinajstić information content (AvgIpc) is 3.12. The van der Waals surface area contributed by atoms with Crippen molar-refractivity contribution in [3.63, 3.8) is 0 Å². The van der Waals surface area contributed by atoms with Crippen LogP contribution in [0.5, 0.6) is 0 Å². The maximum absolute atomic E-state index is 13.1. The van der Waals surface area contributed by atoms with Gasteiger partial charge in [-0.15, -0.1) is 0 Å². The largest absolute Gasteiger partial charge is 0.438 e. The Morgan fingerprint density at radius 3 is 2.06 bits per heavy atom. The van der Waals surface area contributed by atoms with Gasteiger partial charge in [-0.1, -0.05) is 78.4 Å². The molecule has 4 aromatic rings. The summed E-state index contributed by atoms with van der Waals surface area (Å²) in [7, 11) is -3.96. The second kappa shape index (κ2) is 8.13. The number of hydrogen-bond acceptors (Lipinski definition) is 4. The van der Waals surface area contributed by atoms with E-state index in [-0.39, 0.29) is 16.3 Å². The van der Waals surface area contributed by atoms with E-state index in [4.69, 9.17) is 4.42 Å². The fourth-order valence-corrected chi connectivity index (χ4v) is 4.79. The van der Waals surface area contributed by atoms with Gasteiger partial charge in [0.25, 0.3) is 10.0 Å². The van der Waals surface area contributed by atoms with E-state index in [9.17, 15) is 13.7 Å². The number of benzene rings is 3. The van der Waals surface area contributed by atoms with E-state index in [1.54, 1.807) is 25.1 Å². The molecule has 4 rings (SSSR count). The molecule has 6 heteroatoms. The molecule has 0 saturated heterocycles. The topological polar surface area (TPSA) is 83.1 Å². The van der Waals surface area contributed by atoms with Crippen LogP contribution in [0.2, 0.25) is 0 Å². The number of rotatable bonds is 5. The van der Waals surface area contributed by atoms with Gasteiger partial charge in [0, 0.05) is 11.1 Å². The van der Waals surface area contributed by atoms with Crippen molar-refractivity contribution in [2.45, 2.75) is 18.7 Å². The maximum Gasteiger partial charge on any atom is 0.264 e. The lowest BCUT2D eigenvalue weighted by molar-refractivity contribution is 0.584. The molecule has 0 aliphatic rings. The fourth-order valence-electron chi connectivity index (χ4n) is 3.56. The van der Waals surface area contributed by atoms with E-state index in [0.717, 1.165) is 16.7 Å². The Balaban J connectivity index is 1.90. The first kappa shape index (κ1) is 20.5. The van der Waals surface area contributed by atoms with Crippen LogP contribution in [-0.2, 0) is 10.0 Å². The molecule has 5 nitrogen and oxygen atoms in total. The minimum atomic E-state index is -3.96. The lowest BCUT2D eigenvalue weighted by atomic mass is 9.98. The number of hydrogen-bond donors (Lipinski definition) is 1. The fraction of sp³-hybridized carbons (Fsp3) is 0.0800. The first-order chi connectivity index (χ1) is 14.9. The third-order valence-electron chi connectivity index (χ3n) is 4.97. The van der Waals surface area contributed by atoms with Crippen LogP contribution in [0.25, 0.3) is 22.5 Å². The second-order valence-corrected chi connectivity index (χ2v) is 8.88. The normalized spacial score (nSPS) is 11.1. The lowest BCUT2D eigenvalue weighted by Gasteiger charge is -2.09. The molecule has 0 amide bonds. The van der Waals surface area contributed by atoms with Gasteiger partial charge in [0.05, 0.1) is 4.90 Å². The SMILES string of the molecule is Cc1ccc(S(=O)(=O)Nc2oc(-c3ccccc3)c(-c3ccccc3)c2C#N)c(C)c1. The lowest BCUT2D eigenvalue weighted by Crippen LogP contribution is -2.14. The summed E-state index contributed by atoms with van der Waals surface area (Å²) < 4.78 is 34.7. The highest BCUT2D eigenvalue weighted by molar-refractivity contribution is 7.92. The van der Waals surface area contributed by atoms with Gasteiger partial charge < -0.3 is 4.42 Å². The van der Waals surface area contributed by atoms with Crippen LogP contribution in [0.3, 0.4) is 0 Å². The first-order valence-electron chi connectivity index (χ1n) is 9.68. The number of furan rings is 1. The minimum absolute atomic E-state index is 0.0971. The zero-order chi connectivity index (χ0) is 22.0. The third-order valence-corrected chi connectivity index (χ3v) is 6.46. The van der Waals surface area contributed by atoms with Gasteiger partial charge in [0.1, 0.15) is 17.4 Å². The Kier molecular flexibility index (Phi) is 5.37. The minimum Gasteiger partial charge on any atom is -0.438 e. The summed E-state index contributed by atoms with van der Waals surface area (Å²) in [5, 5.41) is 9.93. The highest BCUT2D eigenvalue weighted by Gasteiger charge is 2.27. The van der Waals surface area contributed by atoms with E-state index in [1.165, 1.54) is 0 Å². The molecule has 0 spiro atoms. The predicted molar refractivity (Wildman–Crippen MR) is 121 cm³/mol. The van der Waals surface area contributed by atoms with E-state index < -0.39 is 10.0 Å². The van der Waals surface area contributed by atoms with Crippen LogP contribution < -0.4 is 4.72 Å². The molecule has 0 saturated carbocycles. The smallest absolute Gasteiger partial charge is 0.264 e. The molecule has 0 unspecified atom stereocenters. The Hall–Kier alpha value is -3.82. The van der Waals surface area contributed by atoms with Crippen molar-refractivity contribution in [3.8, 4) is 28.5 Å². The molecular formula is C25H20N2O3S. The zero-order valence-corrected chi connectivity index (χ0v) is 17.9. The summed E-state index contributed by atoms with van der Waals surface area (Å²) in [6.45, 7) is 3.63. The number of nitrogens with zero attached hydrogens (tertiary/aromatic N) is 1. The van der Waals surface area contributed by atoms with E-state index >= 15 is 0 Å².